The molecule has 2 heterocycles. The topological polar surface area (TPSA) is 61.2 Å². The van der Waals surface area contributed by atoms with Gasteiger partial charge in [-0.3, -0.25) is 14.2 Å². The summed E-state index contributed by atoms with van der Waals surface area (Å²) >= 11 is 1.34. The Morgan fingerprint density at radius 1 is 1.25 bits per heavy atom. The molecule has 0 aliphatic heterocycles. The Balaban J connectivity index is 1.96. The summed E-state index contributed by atoms with van der Waals surface area (Å²) in [4.78, 5) is 28.9. The van der Waals surface area contributed by atoms with E-state index in [1.165, 1.54) is 22.2 Å². The van der Waals surface area contributed by atoms with E-state index in [0.717, 1.165) is 11.1 Å². The maximum absolute atomic E-state index is 12.6. The second-order valence-electron chi connectivity index (χ2n) is 6.46. The van der Waals surface area contributed by atoms with Crippen LogP contribution in [-0.2, 0) is 16.1 Å². The Morgan fingerprint density at radius 3 is 2.62 bits per heavy atom. The highest BCUT2D eigenvalue weighted by Crippen LogP contribution is 2.30. The van der Waals surface area contributed by atoms with E-state index in [4.69, 9.17) is 4.74 Å². The van der Waals surface area contributed by atoms with Gasteiger partial charge in [0.2, 0.25) is 0 Å². The molecule has 2 aromatic heterocycles. The van der Waals surface area contributed by atoms with Crippen molar-refractivity contribution < 1.29 is 9.53 Å². The summed E-state index contributed by atoms with van der Waals surface area (Å²) in [6.45, 7) is 5.24. The summed E-state index contributed by atoms with van der Waals surface area (Å²) in [5.41, 5.74) is 1.80. The lowest BCUT2D eigenvalue weighted by Crippen LogP contribution is -2.30. The average molecular weight is 342 g/mol. The minimum Gasteiger partial charge on any atom is -0.459 e. The van der Waals surface area contributed by atoms with Gasteiger partial charge in [0.05, 0.1) is 11.8 Å². The summed E-state index contributed by atoms with van der Waals surface area (Å²) in [6.07, 6.45) is 1.41. The van der Waals surface area contributed by atoms with E-state index < -0.39 is 11.6 Å². The number of esters is 1. The van der Waals surface area contributed by atoms with Crippen LogP contribution < -0.4 is 5.56 Å². The van der Waals surface area contributed by atoms with E-state index in [1.807, 2.05) is 35.7 Å². The zero-order valence-electron chi connectivity index (χ0n) is 13.8. The number of hydrogen-bond acceptors (Lipinski definition) is 5. The summed E-state index contributed by atoms with van der Waals surface area (Å²) < 4.78 is 7.10. The molecule has 1 aromatic carbocycles. The molecule has 3 rings (SSSR count). The Hall–Kier alpha value is -2.47. The number of rotatable bonds is 3. The van der Waals surface area contributed by atoms with Gasteiger partial charge in [-0.05, 0) is 26.3 Å². The molecule has 0 N–H and O–H groups in total. The van der Waals surface area contributed by atoms with Crippen LogP contribution in [0.2, 0.25) is 0 Å². The first kappa shape index (κ1) is 16.4. The van der Waals surface area contributed by atoms with Crippen LogP contribution in [0.3, 0.4) is 0 Å². The molecule has 0 saturated heterocycles. The zero-order valence-corrected chi connectivity index (χ0v) is 14.6. The van der Waals surface area contributed by atoms with Crippen LogP contribution in [0.4, 0.5) is 0 Å². The molecule has 124 valence electrons. The maximum atomic E-state index is 12.6. The van der Waals surface area contributed by atoms with Crippen molar-refractivity contribution in [2.45, 2.75) is 32.9 Å². The van der Waals surface area contributed by atoms with E-state index in [2.05, 4.69) is 4.98 Å². The number of fused-ring (bicyclic) bond motifs is 1. The molecular formula is C18H18N2O3S. The van der Waals surface area contributed by atoms with Crippen LogP contribution in [0.5, 0.6) is 0 Å². The van der Waals surface area contributed by atoms with Crippen molar-refractivity contribution in [3.63, 3.8) is 0 Å². The van der Waals surface area contributed by atoms with Crippen molar-refractivity contribution in [1.29, 1.82) is 0 Å². The fourth-order valence-electron chi connectivity index (χ4n) is 2.39. The maximum Gasteiger partial charge on any atom is 0.326 e. The van der Waals surface area contributed by atoms with Gasteiger partial charge in [0, 0.05) is 10.9 Å². The van der Waals surface area contributed by atoms with Crippen molar-refractivity contribution in [1.82, 2.24) is 9.55 Å². The summed E-state index contributed by atoms with van der Waals surface area (Å²) in [5, 5.41) is 1.92. The first-order valence-electron chi connectivity index (χ1n) is 7.59. The highest BCUT2D eigenvalue weighted by atomic mass is 32.1. The van der Waals surface area contributed by atoms with Gasteiger partial charge in [0.15, 0.2) is 0 Å². The Labute approximate surface area is 143 Å². The van der Waals surface area contributed by atoms with Crippen LogP contribution in [0.15, 0.2) is 46.8 Å². The van der Waals surface area contributed by atoms with Gasteiger partial charge < -0.3 is 4.74 Å². The third kappa shape index (κ3) is 3.38. The molecule has 5 nitrogen and oxygen atoms in total. The zero-order chi connectivity index (χ0) is 17.3. The largest absolute Gasteiger partial charge is 0.459 e. The molecule has 0 spiro atoms. The number of carbonyl (C=O) groups is 1. The number of hydrogen-bond donors (Lipinski definition) is 0. The third-order valence-electron chi connectivity index (χ3n) is 3.35. The number of carbonyl (C=O) groups excluding carboxylic acids is 1. The molecule has 0 atom stereocenters. The monoisotopic (exact) mass is 342 g/mol. The molecule has 0 radical (unpaired) electrons. The first-order valence-corrected chi connectivity index (χ1v) is 8.47. The minimum atomic E-state index is -0.582. The lowest BCUT2D eigenvalue weighted by Gasteiger charge is -2.19. The molecule has 6 heteroatoms. The fourth-order valence-corrected chi connectivity index (χ4v) is 3.37. The molecule has 0 unspecified atom stereocenters. The quantitative estimate of drug-likeness (QED) is 0.684. The third-order valence-corrected chi connectivity index (χ3v) is 4.31. The highest BCUT2D eigenvalue weighted by molar-refractivity contribution is 7.17. The van der Waals surface area contributed by atoms with Gasteiger partial charge in [0.25, 0.3) is 5.56 Å². The van der Waals surface area contributed by atoms with Gasteiger partial charge in [-0.1, -0.05) is 30.3 Å². The predicted octanol–water partition coefficient (Wildman–Crippen LogP) is 3.47. The number of aromatic nitrogens is 2. The minimum absolute atomic E-state index is 0.141. The normalized spacial score (nSPS) is 11.6. The molecule has 0 saturated carbocycles. The number of benzene rings is 1. The van der Waals surface area contributed by atoms with Crippen molar-refractivity contribution in [3.05, 3.63) is 52.4 Å². The molecular weight excluding hydrogens is 324 g/mol. The van der Waals surface area contributed by atoms with Gasteiger partial charge in [-0.15, -0.1) is 11.3 Å². The SMILES string of the molecule is CC(C)(C)OC(=O)Cn1cnc2c(-c3ccccc3)csc2c1=O. The van der Waals surface area contributed by atoms with Crippen molar-refractivity contribution in [3.8, 4) is 11.1 Å². The van der Waals surface area contributed by atoms with E-state index in [9.17, 15) is 9.59 Å². The van der Waals surface area contributed by atoms with Crippen LogP contribution >= 0.6 is 11.3 Å². The van der Waals surface area contributed by atoms with Crippen LogP contribution in [0, 0.1) is 0 Å². The van der Waals surface area contributed by atoms with Gasteiger partial charge in [0.1, 0.15) is 16.8 Å². The van der Waals surface area contributed by atoms with Gasteiger partial charge in [-0.2, -0.15) is 0 Å². The smallest absolute Gasteiger partial charge is 0.326 e. The Bertz CT molecular complexity index is 936. The van der Waals surface area contributed by atoms with E-state index in [0.29, 0.717) is 10.2 Å². The van der Waals surface area contributed by atoms with Crippen LogP contribution in [-0.4, -0.2) is 21.1 Å². The first-order chi connectivity index (χ1) is 11.3. The number of nitrogens with zero attached hydrogens (tertiary/aromatic N) is 2. The predicted molar refractivity (Wildman–Crippen MR) is 95.2 cm³/mol. The Kier molecular flexibility index (Phi) is 4.24. The lowest BCUT2D eigenvalue weighted by atomic mass is 10.1. The molecule has 0 fully saturated rings. The van der Waals surface area contributed by atoms with Gasteiger partial charge in [-0.25, -0.2) is 4.98 Å². The van der Waals surface area contributed by atoms with Crippen molar-refractivity contribution in [2.24, 2.45) is 0 Å². The summed E-state index contributed by atoms with van der Waals surface area (Å²) in [7, 11) is 0. The molecule has 0 bridgehead atoms. The molecule has 3 aromatic rings. The Morgan fingerprint density at radius 2 is 1.96 bits per heavy atom. The second-order valence-corrected chi connectivity index (χ2v) is 7.34. The molecule has 0 aliphatic rings. The average Bonchev–Trinajstić information content (AvgIpc) is 2.94. The van der Waals surface area contributed by atoms with Crippen LogP contribution in [0.25, 0.3) is 21.3 Å². The fraction of sp³-hybridized carbons (Fsp3) is 0.278. The second kappa shape index (κ2) is 6.20. The van der Waals surface area contributed by atoms with Crippen LogP contribution in [0.1, 0.15) is 20.8 Å². The summed E-state index contributed by atoms with van der Waals surface area (Å²) in [6, 6.07) is 9.80. The van der Waals surface area contributed by atoms with Gasteiger partial charge >= 0.3 is 5.97 Å². The number of ether oxygens (including phenoxy) is 1. The standard InChI is InChI=1S/C18H18N2O3S/c1-18(2,3)23-14(21)9-20-11-19-15-13(10-24-16(15)17(20)22)12-7-5-4-6-8-12/h4-8,10-11H,9H2,1-3H3. The van der Waals surface area contributed by atoms with E-state index in [1.54, 1.807) is 20.8 Å². The van der Waals surface area contributed by atoms with E-state index >= 15 is 0 Å². The molecule has 0 amide bonds. The summed E-state index contributed by atoms with van der Waals surface area (Å²) in [5.74, 6) is -0.453. The molecule has 24 heavy (non-hydrogen) atoms. The molecule has 0 aliphatic carbocycles. The van der Waals surface area contributed by atoms with E-state index in [-0.39, 0.29) is 12.1 Å². The highest BCUT2D eigenvalue weighted by Gasteiger charge is 2.18. The lowest BCUT2D eigenvalue weighted by molar-refractivity contribution is -0.155. The number of thiophene rings is 1. The van der Waals surface area contributed by atoms with Crippen molar-refractivity contribution >= 4 is 27.5 Å². The van der Waals surface area contributed by atoms with Crippen molar-refractivity contribution in [2.75, 3.05) is 0 Å².